The van der Waals surface area contributed by atoms with E-state index in [1.165, 1.54) is 19.8 Å². The Morgan fingerprint density at radius 2 is 1.94 bits per heavy atom. The van der Waals surface area contributed by atoms with Crippen LogP contribution < -0.4 is 9.47 Å². The van der Waals surface area contributed by atoms with E-state index in [9.17, 15) is 14.7 Å². The van der Waals surface area contributed by atoms with Gasteiger partial charge in [-0.15, -0.1) is 0 Å². The Morgan fingerprint density at radius 1 is 1.24 bits per heavy atom. The number of hydrogen-bond acceptors (Lipinski definition) is 6. The van der Waals surface area contributed by atoms with Crippen molar-refractivity contribution in [2.24, 2.45) is 17.3 Å². The van der Waals surface area contributed by atoms with E-state index in [0.29, 0.717) is 37.1 Å². The summed E-state index contributed by atoms with van der Waals surface area (Å²) in [4.78, 5) is 26.9. The number of carbonyl (C=O) groups is 2. The molecule has 1 heterocycles. The maximum absolute atomic E-state index is 13.4. The summed E-state index contributed by atoms with van der Waals surface area (Å²) < 4.78 is 17.0. The summed E-state index contributed by atoms with van der Waals surface area (Å²) in [5, 5.41) is 10.8. The maximum Gasteiger partial charge on any atom is 0.303 e. The van der Waals surface area contributed by atoms with Crippen molar-refractivity contribution in [3.8, 4) is 11.5 Å². The Morgan fingerprint density at radius 3 is 2.48 bits per heavy atom. The minimum absolute atomic E-state index is 0.0957. The Labute approximate surface area is 197 Å². The number of carbonyl (C=O) groups excluding carboxylic acids is 2. The molecule has 1 saturated heterocycles. The van der Waals surface area contributed by atoms with E-state index in [1.54, 1.807) is 18.9 Å². The fourth-order valence-electron chi connectivity index (χ4n) is 4.59. The molecule has 1 saturated carbocycles. The molecule has 1 unspecified atom stereocenters. The third-order valence-electron chi connectivity index (χ3n) is 7.46. The first-order chi connectivity index (χ1) is 15.6. The van der Waals surface area contributed by atoms with Crippen LogP contribution in [-0.2, 0) is 14.3 Å². The molecule has 0 spiro atoms. The van der Waals surface area contributed by atoms with Crippen LogP contribution in [0, 0.1) is 17.3 Å². The van der Waals surface area contributed by atoms with Crippen molar-refractivity contribution in [3.63, 3.8) is 0 Å². The summed E-state index contributed by atoms with van der Waals surface area (Å²) in [5.74, 6) is 1.11. The van der Waals surface area contributed by atoms with E-state index in [4.69, 9.17) is 14.2 Å². The zero-order chi connectivity index (χ0) is 24.3. The molecule has 3 rings (SSSR count). The third kappa shape index (κ3) is 5.62. The highest BCUT2D eigenvalue weighted by atomic mass is 16.5. The molecule has 0 aromatic heterocycles. The topological polar surface area (TPSA) is 85.3 Å². The van der Waals surface area contributed by atoms with Crippen LogP contribution in [0.1, 0.15) is 65.4 Å². The van der Waals surface area contributed by atoms with Crippen LogP contribution in [-0.4, -0.2) is 60.9 Å². The summed E-state index contributed by atoms with van der Waals surface area (Å²) in [7, 11) is 1.62. The van der Waals surface area contributed by atoms with Gasteiger partial charge in [0.25, 0.3) is 5.91 Å². The number of ether oxygens (including phenoxy) is 3. The second-order valence-electron chi connectivity index (χ2n) is 10.0. The zero-order valence-corrected chi connectivity index (χ0v) is 20.8. The molecular weight excluding hydrogens is 422 g/mol. The molecular formula is C26H39NO6. The van der Waals surface area contributed by atoms with Crippen LogP contribution in [0.25, 0.3) is 0 Å². The van der Waals surface area contributed by atoms with Crippen LogP contribution in [0.3, 0.4) is 0 Å². The standard InChI is InChI=1S/C26H39NO6/c1-7-16(2)24(33-18(4)29)25(30)27-13-21(26(5,15-27)17(3)28)20-10-11-22(31-6)23(12-20)32-14-19-8-9-19/h10-12,16-17,19,21,24,28H,7-9,13-15H2,1-6H3/t16?,17-,21+,24+,26+/m1/s1. The van der Waals surface area contributed by atoms with Gasteiger partial charge >= 0.3 is 5.97 Å². The third-order valence-corrected chi connectivity index (χ3v) is 7.46. The first kappa shape index (κ1) is 25.3. The van der Waals surface area contributed by atoms with Gasteiger partial charge in [0.2, 0.25) is 0 Å². The lowest BCUT2D eigenvalue weighted by molar-refractivity contribution is -0.161. The van der Waals surface area contributed by atoms with Gasteiger partial charge in [-0.3, -0.25) is 9.59 Å². The summed E-state index contributed by atoms with van der Waals surface area (Å²) >= 11 is 0. The fraction of sp³-hybridized carbons (Fsp3) is 0.692. The van der Waals surface area contributed by atoms with Crippen molar-refractivity contribution in [3.05, 3.63) is 23.8 Å². The van der Waals surface area contributed by atoms with Crippen LogP contribution in [0.4, 0.5) is 0 Å². The van der Waals surface area contributed by atoms with Crippen LogP contribution >= 0.6 is 0 Å². The van der Waals surface area contributed by atoms with Crippen LogP contribution in [0.5, 0.6) is 11.5 Å². The number of methoxy groups -OCH3 is 1. The second-order valence-corrected chi connectivity index (χ2v) is 10.0. The highest BCUT2D eigenvalue weighted by Gasteiger charge is 2.50. The van der Waals surface area contributed by atoms with Gasteiger partial charge in [-0.1, -0.05) is 26.8 Å². The number of likely N-dealkylation sites (tertiary alicyclic amines) is 1. The lowest BCUT2D eigenvalue weighted by Crippen LogP contribution is -2.44. The number of aliphatic hydroxyl groups is 1. The smallest absolute Gasteiger partial charge is 0.303 e. The molecule has 1 aliphatic carbocycles. The van der Waals surface area contributed by atoms with Crippen molar-refractivity contribution in [1.29, 1.82) is 0 Å². The van der Waals surface area contributed by atoms with Crippen molar-refractivity contribution in [2.45, 2.75) is 72.0 Å². The molecule has 1 aromatic carbocycles. The van der Waals surface area contributed by atoms with Gasteiger partial charge in [0, 0.05) is 37.3 Å². The molecule has 1 aliphatic heterocycles. The van der Waals surface area contributed by atoms with Gasteiger partial charge in [-0.25, -0.2) is 0 Å². The number of amides is 1. The predicted molar refractivity (Wildman–Crippen MR) is 125 cm³/mol. The molecule has 0 bridgehead atoms. The molecule has 1 N–H and O–H groups in total. The molecule has 2 fully saturated rings. The molecule has 2 aliphatic rings. The number of aliphatic hydroxyl groups excluding tert-OH is 1. The number of hydrogen-bond donors (Lipinski definition) is 1. The van der Waals surface area contributed by atoms with E-state index in [1.807, 2.05) is 39.0 Å². The molecule has 7 heteroatoms. The Bertz CT molecular complexity index is 851. The molecule has 1 amide bonds. The monoisotopic (exact) mass is 461 g/mol. The first-order valence-corrected chi connectivity index (χ1v) is 12.1. The van der Waals surface area contributed by atoms with Gasteiger partial charge in [0.05, 0.1) is 19.8 Å². The van der Waals surface area contributed by atoms with E-state index >= 15 is 0 Å². The van der Waals surface area contributed by atoms with Crippen molar-refractivity contribution in [2.75, 3.05) is 26.8 Å². The summed E-state index contributed by atoms with van der Waals surface area (Å²) in [6, 6.07) is 5.87. The van der Waals surface area contributed by atoms with Crippen molar-refractivity contribution < 1.29 is 28.9 Å². The zero-order valence-electron chi connectivity index (χ0n) is 20.8. The molecule has 7 nitrogen and oxygen atoms in total. The summed E-state index contributed by atoms with van der Waals surface area (Å²) in [5.41, 5.74) is 0.432. The van der Waals surface area contributed by atoms with Crippen molar-refractivity contribution >= 4 is 11.9 Å². The number of rotatable bonds is 10. The van der Waals surface area contributed by atoms with E-state index < -0.39 is 23.6 Å². The summed E-state index contributed by atoms with van der Waals surface area (Å²) in [6.45, 7) is 10.5. The Hall–Kier alpha value is -2.28. The second kappa shape index (κ2) is 10.3. The predicted octanol–water partition coefficient (Wildman–Crippen LogP) is 3.77. The minimum Gasteiger partial charge on any atom is -0.493 e. The summed E-state index contributed by atoms with van der Waals surface area (Å²) in [6.07, 6.45) is 1.64. The Kier molecular flexibility index (Phi) is 7.93. The van der Waals surface area contributed by atoms with E-state index in [0.717, 1.165) is 12.0 Å². The molecule has 184 valence electrons. The quantitative estimate of drug-likeness (QED) is 0.534. The molecule has 5 atom stereocenters. The van der Waals surface area contributed by atoms with Gasteiger partial charge in [-0.05, 0) is 49.8 Å². The van der Waals surface area contributed by atoms with Crippen LogP contribution in [0.15, 0.2) is 18.2 Å². The fourth-order valence-corrected chi connectivity index (χ4v) is 4.59. The van der Waals surface area contributed by atoms with Gasteiger partial charge in [0.15, 0.2) is 17.6 Å². The van der Waals surface area contributed by atoms with Gasteiger partial charge in [0.1, 0.15) is 0 Å². The lowest BCUT2D eigenvalue weighted by atomic mass is 9.72. The first-order valence-electron chi connectivity index (χ1n) is 12.1. The van der Waals surface area contributed by atoms with E-state index in [-0.39, 0.29) is 17.7 Å². The minimum atomic E-state index is -0.821. The maximum atomic E-state index is 13.4. The average Bonchev–Trinajstić information content (AvgIpc) is 3.55. The number of benzene rings is 1. The molecule has 33 heavy (non-hydrogen) atoms. The normalized spacial score (nSPS) is 25.3. The van der Waals surface area contributed by atoms with Crippen LogP contribution in [0.2, 0.25) is 0 Å². The van der Waals surface area contributed by atoms with Crippen molar-refractivity contribution in [1.82, 2.24) is 4.90 Å². The largest absolute Gasteiger partial charge is 0.493 e. The van der Waals surface area contributed by atoms with Gasteiger partial charge < -0.3 is 24.2 Å². The van der Waals surface area contributed by atoms with Gasteiger partial charge in [-0.2, -0.15) is 0 Å². The Balaban J connectivity index is 1.88. The highest BCUT2D eigenvalue weighted by Crippen LogP contribution is 2.47. The number of nitrogens with zero attached hydrogens (tertiary/aromatic N) is 1. The average molecular weight is 462 g/mol. The number of esters is 1. The molecule has 1 aromatic rings. The highest BCUT2D eigenvalue weighted by molar-refractivity contribution is 5.84. The molecule has 0 radical (unpaired) electrons. The SMILES string of the molecule is CCC(C)[C@H](OC(C)=O)C(=O)N1C[C@@H](c2ccc(OC)c(OCC3CC3)c2)[C@](C)([C@@H](C)O)C1. The lowest BCUT2D eigenvalue weighted by Gasteiger charge is -2.34. The van der Waals surface area contributed by atoms with E-state index in [2.05, 4.69) is 0 Å².